The lowest BCUT2D eigenvalue weighted by atomic mass is 9.78. The molecule has 1 rings (SSSR count). The zero-order valence-corrected chi connectivity index (χ0v) is 8.75. The van der Waals surface area contributed by atoms with Crippen molar-refractivity contribution in [3.8, 4) is 0 Å². The van der Waals surface area contributed by atoms with Crippen LogP contribution in [0.2, 0.25) is 0 Å². The quantitative estimate of drug-likeness (QED) is 0.474. The molecule has 0 aromatic rings. The average molecular weight is 195 g/mol. The Hall–Kier alpha value is -1.45. The highest BCUT2D eigenvalue weighted by molar-refractivity contribution is 6.06. The zero-order valence-electron chi connectivity index (χ0n) is 8.75. The van der Waals surface area contributed by atoms with Crippen LogP contribution in [0.5, 0.6) is 0 Å². The van der Waals surface area contributed by atoms with Crippen LogP contribution in [0.4, 0.5) is 0 Å². The van der Waals surface area contributed by atoms with Crippen LogP contribution in [0.15, 0.2) is 22.8 Å². The second-order valence-electron chi connectivity index (χ2n) is 3.77. The summed E-state index contributed by atoms with van der Waals surface area (Å²) in [5.74, 6) is -0.126. The number of carbonyl (C=O) groups is 1. The molecule has 76 valence electrons. The van der Waals surface area contributed by atoms with Gasteiger partial charge in [-0.3, -0.25) is 14.9 Å². The van der Waals surface area contributed by atoms with Crippen LogP contribution in [0, 0.1) is 10.1 Å². The number of hydrogen-bond donors (Lipinski definition) is 0. The summed E-state index contributed by atoms with van der Waals surface area (Å²) < 4.78 is 0. The number of nitrogens with zero attached hydrogens (tertiary/aromatic N) is 1. The van der Waals surface area contributed by atoms with Crippen LogP contribution in [0.1, 0.15) is 27.7 Å². The highest BCUT2D eigenvalue weighted by Crippen LogP contribution is 2.34. The van der Waals surface area contributed by atoms with E-state index >= 15 is 0 Å². The minimum absolute atomic E-state index is 0.126. The zero-order chi connectivity index (χ0) is 11.1. The van der Waals surface area contributed by atoms with Crippen molar-refractivity contribution in [3.63, 3.8) is 0 Å². The molecule has 0 bridgehead atoms. The highest BCUT2D eigenvalue weighted by atomic mass is 16.6. The summed E-state index contributed by atoms with van der Waals surface area (Å²) >= 11 is 0. The first-order chi connectivity index (χ1) is 6.31. The maximum Gasteiger partial charge on any atom is 0.262 e. The van der Waals surface area contributed by atoms with E-state index in [0.717, 1.165) is 0 Å². The van der Waals surface area contributed by atoms with Crippen molar-refractivity contribution in [2.45, 2.75) is 33.2 Å². The van der Waals surface area contributed by atoms with Gasteiger partial charge < -0.3 is 0 Å². The minimum atomic E-state index is -1.21. The minimum Gasteiger partial charge on any atom is -0.290 e. The van der Waals surface area contributed by atoms with E-state index in [1.807, 2.05) is 0 Å². The number of ketones is 1. The van der Waals surface area contributed by atoms with E-state index in [9.17, 15) is 14.9 Å². The van der Waals surface area contributed by atoms with Gasteiger partial charge in [0.25, 0.3) is 5.54 Å². The van der Waals surface area contributed by atoms with Gasteiger partial charge in [-0.1, -0.05) is 0 Å². The van der Waals surface area contributed by atoms with Gasteiger partial charge in [-0.05, 0) is 26.8 Å². The molecule has 0 saturated heterocycles. The van der Waals surface area contributed by atoms with Crippen LogP contribution in [0.25, 0.3) is 0 Å². The molecule has 14 heavy (non-hydrogen) atoms. The normalized spacial score (nSPS) is 27.7. The lowest BCUT2D eigenvalue weighted by Crippen LogP contribution is -2.41. The van der Waals surface area contributed by atoms with E-state index in [1.54, 1.807) is 20.8 Å². The monoisotopic (exact) mass is 195 g/mol. The van der Waals surface area contributed by atoms with E-state index in [-0.39, 0.29) is 10.7 Å². The largest absolute Gasteiger partial charge is 0.290 e. The molecule has 1 aliphatic carbocycles. The standard InChI is InChI=1S/C10H13NO3/c1-6-5-9(12)7(2)8(3)10(6,4)11(13)14/h5H,1-4H3. The molecule has 0 aromatic carbocycles. The van der Waals surface area contributed by atoms with E-state index < -0.39 is 5.54 Å². The highest BCUT2D eigenvalue weighted by Gasteiger charge is 2.45. The first-order valence-corrected chi connectivity index (χ1v) is 4.37. The Labute approximate surface area is 82.5 Å². The lowest BCUT2D eigenvalue weighted by Gasteiger charge is -2.27. The number of allylic oxidation sites excluding steroid dienone is 2. The summed E-state index contributed by atoms with van der Waals surface area (Å²) in [7, 11) is 0. The van der Waals surface area contributed by atoms with Crippen molar-refractivity contribution in [2.75, 3.05) is 0 Å². The molecule has 4 heteroatoms. The SMILES string of the molecule is CC1=CC(=O)C(C)=C(C)C1(C)[N+](=O)[O-]. The molecule has 1 unspecified atom stereocenters. The van der Waals surface area contributed by atoms with Crippen molar-refractivity contribution in [2.24, 2.45) is 0 Å². The third-order valence-electron chi connectivity index (χ3n) is 3.14. The number of nitro groups is 1. The topological polar surface area (TPSA) is 60.2 Å². The average Bonchev–Trinajstić information content (AvgIpc) is 2.11. The molecule has 0 aliphatic heterocycles. The van der Waals surface area contributed by atoms with Crippen molar-refractivity contribution < 1.29 is 9.72 Å². The van der Waals surface area contributed by atoms with Gasteiger partial charge in [0.1, 0.15) is 0 Å². The molecule has 0 N–H and O–H groups in total. The molecule has 0 fully saturated rings. The first-order valence-electron chi connectivity index (χ1n) is 4.37. The fourth-order valence-electron chi connectivity index (χ4n) is 1.57. The maximum atomic E-state index is 11.4. The summed E-state index contributed by atoms with van der Waals surface area (Å²) in [4.78, 5) is 22.0. The van der Waals surface area contributed by atoms with Gasteiger partial charge in [0, 0.05) is 28.6 Å². The maximum absolute atomic E-state index is 11.4. The van der Waals surface area contributed by atoms with Crippen molar-refractivity contribution in [1.29, 1.82) is 0 Å². The Morgan fingerprint density at radius 3 is 2.29 bits per heavy atom. The fraction of sp³-hybridized carbons (Fsp3) is 0.500. The van der Waals surface area contributed by atoms with E-state index in [1.165, 1.54) is 13.0 Å². The predicted octanol–water partition coefficient (Wildman–Crippen LogP) is 1.89. The van der Waals surface area contributed by atoms with Gasteiger partial charge in [0.15, 0.2) is 5.78 Å². The summed E-state index contributed by atoms with van der Waals surface area (Å²) in [6.45, 7) is 6.43. The molecular weight excluding hydrogens is 182 g/mol. The van der Waals surface area contributed by atoms with Gasteiger partial charge in [0.05, 0.1) is 0 Å². The molecule has 0 saturated carbocycles. The van der Waals surface area contributed by atoms with Crippen LogP contribution >= 0.6 is 0 Å². The van der Waals surface area contributed by atoms with Crippen LogP contribution in [-0.2, 0) is 4.79 Å². The first kappa shape index (κ1) is 10.6. The summed E-state index contributed by atoms with van der Waals surface area (Å²) in [6.07, 6.45) is 1.35. The van der Waals surface area contributed by atoms with Gasteiger partial charge in [-0.25, -0.2) is 0 Å². The summed E-state index contributed by atoms with van der Waals surface area (Å²) in [5.41, 5.74) is 0.302. The molecule has 1 aliphatic rings. The van der Waals surface area contributed by atoms with Gasteiger partial charge in [0.2, 0.25) is 0 Å². The Kier molecular flexibility index (Phi) is 2.31. The Morgan fingerprint density at radius 1 is 1.36 bits per heavy atom. The Balaban J connectivity index is 3.40. The third kappa shape index (κ3) is 1.18. The smallest absolute Gasteiger partial charge is 0.262 e. The molecule has 0 radical (unpaired) electrons. The third-order valence-corrected chi connectivity index (χ3v) is 3.14. The summed E-state index contributed by atoms with van der Waals surface area (Å²) in [5, 5.41) is 11.0. The second kappa shape index (κ2) is 3.04. The van der Waals surface area contributed by atoms with Gasteiger partial charge in [-0.2, -0.15) is 0 Å². The van der Waals surface area contributed by atoms with Crippen molar-refractivity contribution in [3.05, 3.63) is 32.9 Å². The second-order valence-corrected chi connectivity index (χ2v) is 3.77. The lowest BCUT2D eigenvalue weighted by molar-refractivity contribution is -0.542. The van der Waals surface area contributed by atoms with Gasteiger partial charge >= 0.3 is 0 Å². The molecule has 1 atom stereocenters. The van der Waals surface area contributed by atoms with Crippen molar-refractivity contribution >= 4 is 5.78 Å². The van der Waals surface area contributed by atoms with E-state index in [0.29, 0.717) is 16.7 Å². The predicted molar refractivity (Wildman–Crippen MR) is 52.5 cm³/mol. The fourth-order valence-corrected chi connectivity index (χ4v) is 1.57. The van der Waals surface area contributed by atoms with Gasteiger partial charge in [-0.15, -0.1) is 0 Å². The molecule has 0 spiro atoms. The molecular formula is C10H13NO3. The molecule has 0 heterocycles. The van der Waals surface area contributed by atoms with Crippen LogP contribution < -0.4 is 0 Å². The molecule has 0 amide bonds. The van der Waals surface area contributed by atoms with E-state index in [4.69, 9.17) is 0 Å². The van der Waals surface area contributed by atoms with E-state index in [2.05, 4.69) is 0 Å². The van der Waals surface area contributed by atoms with Crippen LogP contribution in [-0.4, -0.2) is 16.2 Å². The molecule has 4 nitrogen and oxygen atoms in total. The molecule has 0 aromatic heterocycles. The number of hydrogen-bond acceptors (Lipinski definition) is 3. The van der Waals surface area contributed by atoms with Crippen molar-refractivity contribution in [1.82, 2.24) is 0 Å². The van der Waals surface area contributed by atoms with Crippen LogP contribution in [0.3, 0.4) is 0 Å². The number of rotatable bonds is 1. The number of carbonyl (C=O) groups excluding carboxylic acids is 1. The Bertz CT molecular complexity index is 379. The summed E-state index contributed by atoms with van der Waals surface area (Å²) in [6, 6.07) is 0. The Morgan fingerprint density at radius 2 is 1.86 bits per heavy atom.